The van der Waals surface area contributed by atoms with Gasteiger partial charge in [-0.3, -0.25) is 4.79 Å². The number of amides is 1. The minimum absolute atomic E-state index is 0.00426. The number of carbonyl (C=O) groups is 1. The Bertz CT molecular complexity index is 1050. The Morgan fingerprint density at radius 2 is 1.87 bits per heavy atom. The number of rotatable bonds is 7. The standard InChI is InChI=1S/C25H26BrNO2S/c1-17-8-11-24(18(2)12-17)30-16-19-6-5-7-20(13-19)25(28)27(3)15-21-14-22(26)9-10-23(21)29-4/h5-14H,15-16H2,1-4H3. The molecule has 0 N–H and O–H groups in total. The van der Waals surface area contributed by atoms with Gasteiger partial charge in [-0.05, 0) is 61.4 Å². The third kappa shape index (κ3) is 5.67. The Balaban J connectivity index is 1.70. The van der Waals surface area contributed by atoms with Gasteiger partial charge >= 0.3 is 0 Å². The molecule has 0 radical (unpaired) electrons. The van der Waals surface area contributed by atoms with E-state index in [1.165, 1.54) is 16.0 Å². The fourth-order valence-electron chi connectivity index (χ4n) is 3.33. The van der Waals surface area contributed by atoms with Crippen LogP contribution < -0.4 is 4.74 Å². The number of hydrogen-bond acceptors (Lipinski definition) is 3. The van der Waals surface area contributed by atoms with Crippen LogP contribution in [0.2, 0.25) is 0 Å². The van der Waals surface area contributed by atoms with Crippen LogP contribution in [0, 0.1) is 13.8 Å². The molecule has 0 spiro atoms. The van der Waals surface area contributed by atoms with Crippen molar-refractivity contribution in [1.29, 1.82) is 0 Å². The third-order valence-corrected chi connectivity index (χ3v) is 6.64. The van der Waals surface area contributed by atoms with E-state index >= 15 is 0 Å². The summed E-state index contributed by atoms with van der Waals surface area (Å²) in [6, 6.07) is 20.2. The topological polar surface area (TPSA) is 29.5 Å². The van der Waals surface area contributed by atoms with E-state index in [0.717, 1.165) is 27.1 Å². The highest BCUT2D eigenvalue weighted by Gasteiger charge is 2.15. The van der Waals surface area contributed by atoms with Crippen molar-refractivity contribution in [3.63, 3.8) is 0 Å². The number of aryl methyl sites for hydroxylation is 2. The first-order valence-electron chi connectivity index (χ1n) is 9.74. The lowest BCUT2D eigenvalue weighted by Crippen LogP contribution is -2.26. The maximum atomic E-state index is 13.0. The first-order valence-corrected chi connectivity index (χ1v) is 11.5. The second-order valence-corrected chi connectivity index (χ2v) is 9.31. The molecular weight excluding hydrogens is 458 g/mol. The SMILES string of the molecule is COc1ccc(Br)cc1CN(C)C(=O)c1cccc(CSc2ccc(C)cc2C)c1. The van der Waals surface area contributed by atoms with Gasteiger partial charge in [0.2, 0.25) is 0 Å². The summed E-state index contributed by atoms with van der Waals surface area (Å²) in [6.07, 6.45) is 0. The number of halogens is 1. The zero-order valence-corrected chi connectivity index (χ0v) is 20.1. The van der Waals surface area contributed by atoms with Gasteiger partial charge in [0.15, 0.2) is 0 Å². The average Bonchev–Trinajstić information content (AvgIpc) is 2.73. The Morgan fingerprint density at radius 3 is 2.60 bits per heavy atom. The fourth-order valence-corrected chi connectivity index (χ4v) is 4.70. The third-order valence-electron chi connectivity index (χ3n) is 4.90. The van der Waals surface area contributed by atoms with Crippen molar-refractivity contribution in [1.82, 2.24) is 4.90 Å². The maximum absolute atomic E-state index is 13.0. The highest BCUT2D eigenvalue weighted by Crippen LogP contribution is 2.28. The fraction of sp³-hybridized carbons (Fsp3) is 0.240. The van der Waals surface area contributed by atoms with Gasteiger partial charge in [0.25, 0.3) is 5.91 Å². The van der Waals surface area contributed by atoms with Gasteiger partial charge in [-0.25, -0.2) is 0 Å². The first-order chi connectivity index (χ1) is 14.4. The summed E-state index contributed by atoms with van der Waals surface area (Å²) in [6.45, 7) is 4.72. The van der Waals surface area contributed by atoms with Crippen LogP contribution in [0.25, 0.3) is 0 Å². The van der Waals surface area contributed by atoms with Crippen molar-refractivity contribution in [3.8, 4) is 5.75 Å². The van der Waals surface area contributed by atoms with E-state index in [1.807, 2.05) is 43.4 Å². The van der Waals surface area contributed by atoms with E-state index in [2.05, 4.69) is 54.0 Å². The smallest absolute Gasteiger partial charge is 0.253 e. The molecule has 0 saturated heterocycles. The molecule has 0 saturated carbocycles. The van der Waals surface area contributed by atoms with Crippen LogP contribution in [0.4, 0.5) is 0 Å². The average molecular weight is 484 g/mol. The minimum Gasteiger partial charge on any atom is -0.496 e. The molecule has 0 atom stereocenters. The van der Waals surface area contributed by atoms with Crippen LogP contribution in [0.15, 0.2) is 70.0 Å². The van der Waals surface area contributed by atoms with Gasteiger partial charge in [-0.1, -0.05) is 45.8 Å². The predicted octanol–water partition coefficient (Wildman–Crippen LogP) is 6.64. The molecule has 5 heteroatoms. The highest BCUT2D eigenvalue weighted by molar-refractivity contribution is 9.10. The first kappa shape index (κ1) is 22.4. The molecule has 3 aromatic carbocycles. The van der Waals surface area contributed by atoms with E-state index in [1.54, 1.807) is 23.8 Å². The molecule has 156 valence electrons. The molecule has 0 unspecified atom stereocenters. The predicted molar refractivity (Wildman–Crippen MR) is 128 cm³/mol. The molecule has 0 bridgehead atoms. The van der Waals surface area contributed by atoms with E-state index < -0.39 is 0 Å². The Hall–Kier alpha value is -2.24. The van der Waals surface area contributed by atoms with Crippen molar-refractivity contribution >= 4 is 33.6 Å². The quantitative estimate of drug-likeness (QED) is 0.352. The Kier molecular flexibility index (Phi) is 7.62. The lowest BCUT2D eigenvalue weighted by molar-refractivity contribution is 0.0784. The summed E-state index contributed by atoms with van der Waals surface area (Å²) >= 11 is 5.29. The summed E-state index contributed by atoms with van der Waals surface area (Å²) in [5.74, 6) is 1.60. The molecule has 1 amide bonds. The molecule has 0 aliphatic rings. The van der Waals surface area contributed by atoms with E-state index in [4.69, 9.17) is 4.74 Å². The molecule has 0 fully saturated rings. The zero-order valence-electron chi connectivity index (χ0n) is 17.7. The van der Waals surface area contributed by atoms with Crippen molar-refractivity contribution in [3.05, 3.63) is 93.0 Å². The van der Waals surface area contributed by atoms with Gasteiger partial charge in [0, 0.05) is 39.8 Å². The van der Waals surface area contributed by atoms with Gasteiger partial charge in [0.05, 0.1) is 7.11 Å². The summed E-state index contributed by atoms with van der Waals surface area (Å²) < 4.78 is 6.40. The largest absolute Gasteiger partial charge is 0.496 e. The molecule has 3 rings (SSSR count). The minimum atomic E-state index is -0.00426. The van der Waals surface area contributed by atoms with Gasteiger partial charge in [0.1, 0.15) is 5.75 Å². The Labute approximate surface area is 191 Å². The molecule has 3 nitrogen and oxygen atoms in total. The van der Waals surface area contributed by atoms with Crippen LogP contribution in [-0.2, 0) is 12.3 Å². The van der Waals surface area contributed by atoms with Crippen molar-refractivity contribution in [2.75, 3.05) is 14.2 Å². The van der Waals surface area contributed by atoms with Crippen LogP contribution in [0.5, 0.6) is 5.75 Å². The zero-order chi connectivity index (χ0) is 21.7. The summed E-state index contributed by atoms with van der Waals surface area (Å²) in [7, 11) is 3.46. The van der Waals surface area contributed by atoms with Gasteiger partial charge < -0.3 is 9.64 Å². The number of nitrogens with zero attached hydrogens (tertiary/aromatic N) is 1. The molecule has 30 heavy (non-hydrogen) atoms. The van der Waals surface area contributed by atoms with Crippen molar-refractivity contribution in [2.24, 2.45) is 0 Å². The van der Waals surface area contributed by atoms with Crippen LogP contribution in [0.1, 0.15) is 32.6 Å². The van der Waals surface area contributed by atoms with Crippen LogP contribution in [0.3, 0.4) is 0 Å². The molecule has 0 aromatic heterocycles. The summed E-state index contributed by atoms with van der Waals surface area (Å²) in [4.78, 5) is 16.0. The second-order valence-electron chi connectivity index (χ2n) is 7.38. The number of hydrogen-bond donors (Lipinski definition) is 0. The van der Waals surface area contributed by atoms with Crippen molar-refractivity contribution < 1.29 is 9.53 Å². The van der Waals surface area contributed by atoms with Gasteiger partial charge in [-0.15, -0.1) is 11.8 Å². The van der Waals surface area contributed by atoms with E-state index in [0.29, 0.717) is 12.1 Å². The lowest BCUT2D eigenvalue weighted by Gasteiger charge is -2.19. The molecule has 0 aliphatic carbocycles. The number of ether oxygens (including phenoxy) is 1. The highest BCUT2D eigenvalue weighted by atomic mass is 79.9. The van der Waals surface area contributed by atoms with E-state index in [9.17, 15) is 4.79 Å². The van der Waals surface area contributed by atoms with Gasteiger partial charge in [-0.2, -0.15) is 0 Å². The summed E-state index contributed by atoms with van der Waals surface area (Å²) in [5.41, 5.74) is 5.36. The summed E-state index contributed by atoms with van der Waals surface area (Å²) in [5, 5.41) is 0. The normalized spacial score (nSPS) is 10.7. The maximum Gasteiger partial charge on any atom is 0.253 e. The molecular formula is C25H26BrNO2S. The van der Waals surface area contributed by atoms with Crippen molar-refractivity contribution in [2.45, 2.75) is 31.0 Å². The Morgan fingerprint density at radius 1 is 1.07 bits per heavy atom. The van der Waals surface area contributed by atoms with Crippen LogP contribution >= 0.6 is 27.7 Å². The number of carbonyl (C=O) groups excluding carboxylic acids is 1. The molecule has 0 heterocycles. The number of benzene rings is 3. The monoisotopic (exact) mass is 483 g/mol. The van der Waals surface area contributed by atoms with Crippen LogP contribution in [-0.4, -0.2) is 25.0 Å². The number of thioether (sulfide) groups is 1. The van der Waals surface area contributed by atoms with E-state index in [-0.39, 0.29) is 5.91 Å². The molecule has 0 aliphatic heterocycles. The number of methoxy groups -OCH3 is 1. The molecule has 3 aromatic rings. The lowest BCUT2D eigenvalue weighted by atomic mass is 10.1. The second kappa shape index (κ2) is 10.2.